The predicted molar refractivity (Wildman–Crippen MR) is 74.4 cm³/mol. The summed E-state index contributed by atoms with van der Waals surface area (Å²) in [7, 11) is -4.16. The molecule has 120 valence electrons. The van der Waals surface area contributed by atoms with Gasteiger partial charge in [-0.15, -0.1) is 0 Å². The summed E-state index contributed by atoms with van der Waals surface area (Å²) in [5, 5.41) is 2.77. The summed E-state index contributed by atoms with van der Waals surface area (Å²) in [5.74, 6) is -2.33. The third-order valence-electron chi connectivity index (χ3n) is 3.91. The highest BCUT2D eigenvalue weighted by Crippen LogP contribution is 2.29. The summed E-state index contributed by atoms with van der Waals surface area (Å²) in [6.07, 6.45) is 2.74. The van der Waals surface area contributed by atoms with E-state index in [4.69, 9.17) is 0 Å². The molecule has 1 aromatic rings. The van der Waals surface area contributed by atoms with Crippen LogP contribution in [0.3, 0.4) is 0 Å². The zero-order valence-electron chi connectivity index (χ0n) is 11.8. The molecule has 0 radical (unpaired) electrons. The second-order valence-corrected chi connectivity index (χ2v) is 7.49. The van der Waals surface area contributed by atoms with Crippen LogP contribution in [0.1, 0.15) is 25.7 Å². The Kier molecular flexibility index (Phi) is 3.90. The predicted octanol–water partition coefficient (Wildman–Crippen LogP) is 1.40. The lowest BCUT2D eigenvalue weighted by Gasteiger charge is -2.23. The molecule has 1 aliphatic heterocycles. The molecule has 3 rings (SSSR count). The Morgan fingerprint density at radius 1 is 1.23 bits per heavy atom. The van der Waals surface area contributed by atoms with Gasteiger partial charge in [-0.2, -0.15) is 4.31 Å². The van der Waals surface area contributed by atoms with Crippen LogP contribution in [0.5, 0.6) is 0 Å². The van der Waals surface area contributed by atoms with E-state index in [1.54, 1.807) is 0 Å². The van der Waals surface area contributed by atoms with Crippen molar-refractivity contribution in [2.45, 2.75) is 42.7 Å². The lowest BCUT2D eigenvalue weighted by Crippen LogP contribution is -2.46. The number of rotatable bonds is 4. The van der Waals surface area contributed by atoms with Crippen LogP contribution in [0.4, 0.5) is 8.78 Å². The van der Waals surface area contributed by atoms with Gasteiger partial charge < -0.3 is 5.32 Å². The van der Waals surface area contributed by atoms with Crippen LogP contribution in [-0.2, 0) is 14.8 Å². The minimum Gasteiger partial charge on any atom is -0.352 e. The lowest BCUT2D eigenvalue weighted by molar-refractivity contribution is -0.124. The van der Waals surface area contributed by atoms with Crippen LogP contribution in [0.25, 0.3) is 0 Å². The monoisotopic (exact) mass is 330 g/mol. The maximum absolute atomic E-state index is 13.8. The molecule has 0 aromatic heterocycles. The maximum atomic E-state index is 13.8. The van der Waals surface area contributed by atoms with Gasteiger partial charge in [-0.25, -0.2) is 17.2 Å². The summed E-state index contributed by atoms with van der Waals surface area (Å²) < 4.78 is 52.9. The molecule has 2 fully saturated rings. The summed E-state index contributed by atoms with van der Waals surface area (Å²) in [5.41, 5.74) is 0. The van der Waals surface area contributed by atoms with Crippen molar-refractivity contribution in [2.75, 3.05) is 6.54 Å². The topological polar surface area (TPSA) is 66.5 Å². The summed E-state index contributed by atoms with van der Waals surface area (Å²) >= 11 is 0. The largest absolute Gasteiger partial charge is 0.352 e. The van der Waals surface area contributed by atoms with Crippen molar-refractivity contribution in [1.29, 1.82) is 0 Å². The van der Waals surface area contributed by atoms with Crippen LogP contribution in [0.2, 0.25) is 0 Å². The van der Waals surface area contributed by atoms with E-state index in [1.165, 1.54) is 0 Å². The third kappa shape index (κ3) is 2.85. The number of sulfonamides is 1. The van der Waals surface area contributed by atoms with Crippen LogP contribution in [0, 0.1) is 11.6 Å². The molecule has 1 aromatic carbocycles. The number of carbonyl (C=O) groups excluding carboxylic acids is 1. The molecule has 1 amide bonds. The second-order valence-electron chi connectivity index (χ2n) is 5.63. The average molecular weight is 330 g/mol. The molecule has 5 nitrogen and oxygen atoms in total. The molecule has 1 aliphatic carbocycles. The number of carbonyl (C=O) groups is 1. The van der Waals surface area contributed by atoms with E-state index >= 15 is 0 Å². The van der Waals surface area contributed by atoms with Gasteiger partial charge in [0.25, 0.3) is 0 Å². The quantitative estimate of drug-likeness (QED) is 0.907. The van der Waals surface area contributed by atoms with E-state index < -0.39 is 32.6 Å². The van der Waals surface area contributed by atoms with Crippen molar-refractivity contribution in [3.8, 4) is 0 Å². The van der Waals surface area contributed by atoms with Gasteiger partial charge in [0, 0.05) is 18.7 Å². The van der Waals surface area contributed by atoms with E-state index in [0.717, 1.165) is 29.3 Å². The summed E-state index contributed by atoms with van der Waals surface area (Å²) in [6.45, 7) is 0.155. The lowest BCUT2D eigenvalue weighted by atomic mass is 10.2. The van der Waals surface area contributed by atoms with Crippen LogP contribution in [0.15, 0.2) is 23.1 Å². The van der Waals surface area contributed by atoms with Crippen LogP contribution < -0.4 is 5.32 Å². The van der Waals surface area contributed by atoms with Gasteiger partial charge in [-0.1, -0.05) is 0 Å². The number of halogens is 2. The van der Waals surface area contributed by atoms with Crippen molar-refractivity contribution < 1.29 is 22.0 Å². The number of benzene rings is 1. The van der Waals surface area contributed by atoms with Crippen molar-refractivity contribution in [2.24, 2.45) is 0 Å². The van der Waals surface area contributed by atoms with E-state index in [9.17, 15) is 22.0 Å². The second kappa shape index (κ2) is 5.58. The molecule has 0 spiro atoms. The number of nitrogens with one attached hydrogen (secondary N) is 1. The minimum atomic E-state index is -4.16. The first-order valence-corrected chi connectivity index (χ1v) is 8.61. The third-order valence-corrected chi connectivity index (χ3v) is 5.85. The molecular weight excluding hydrogens is 314 g/mol. The van der Waals surface area contributed by atoms with Gasteiger partial charge in [-0.3, -0.25) is 4.79 Å². The first-order valence-electron chi connectivity index (χ1n) is 7.17. The van der Waals surface area contributed by atoms with Gasteiger partial charge in [0.05, 0.1) is 0 Å². The Balaban J connectivity index is 1.88. The normalized spacial score (nSPS) is 22.7. The molecule has 2 aliphatic rings. The number of amides is 1. The van der Waals surface area contributed by atoms with E-state index in [0.29, 0.717) is 18.9 Å². The Bertz CT molecular complexity index is 704. The Morgan fingerprint density at radius 2 is 1.95 bits per heavy atom. The molecule has 1 unspecified atom stereocenters. The first-order chi connectivity index (χ1) is 10.4. The summed E-state index contributed by atoms with van der Waals surface area (Å²) in [6, 6.07) is 1.62. The smallest absolute Gasteiger partial charge is 0.246 e. The van der Waals surface area contributed by atoms with E-state index in [2.05, 4.69) is 5.32 Å². The molecule has 22 heavy (non-hydrogen) atoms. The standard InChI is InChI=1S/C14H16F2N2O3S/c15-9-3-6-13(11(16)8-9)22(20,21)18-7-1-2-12(18)14(19)17-10-4-5-10/h3,6,8,10,12H,1-2,4-5,7H2,(H,17,19). The number of nitrogens with zero attached hydrogens (tertiary/aromatic N) is 1. The number of hydrogen-bond donors (Lipinski definition) is 1. The zero-order chi connectivity index (χ0) is 15.9. The van der Waals surface area contributed by atoms with Gasteiger partial charge in [0.1, 0.15) is 22.6 Å². The van der Waals surface area contributed by atoms with Crippen molar-refractivity contribution in [3.05, 3.63) is 29.8 Å². The SMILES string of the molecule is O=C(NC1CC1)C1CCCN1S(=O)(=O)c1ccc(F)cc1F. The van der Waals surface area contributed by atoms with Gasteiger partial charge in [-0.05, 0) is 37.8 Å². The Hall–Kier alpha value is -1.54. The van der Waals surface area contributed by atoms with E-state index in [1.807, 2.05) is 0 Å². The first kappa shape index (κ1) is 15.4. The summed E-state index contributed by atoms with van der Waals surface area (Å²) in [4.78, 5) is 11.6. The molecule has 1 heterocycles. The van der Waals surface area contributed by atoms with Crippen LogP contribution in [-0.4, -0.2) is 37.3 Å². The Labute approximate surface area is 127 Å². The molecular formula is C14H16F2N2O3S. The molecule has 0 bridgehead atoms. The molecule has 8 heteroatoms. The van der Waals surface area contributed by atoms with Crippen LogP contribution >= 0.6 is 0 Å². The fourth-order valence-electron chi connectivity index (χ4n) is 2.63. The van der Waals surface area contributed by atoms with Gasteiger partial charge in [0.2, 0.25) is 15.9 Å². The van der Waals surface area contributed by atoms with Gasteiger partial charge >= 0.3 is 0 Å². The highest BCUT2D eigenvalue weighted by molar-refractivity contribution is 7.89. The van der Waals surface area contributed by atoms with Crippen molar-refractivity contribution in [1.82, 2.24) is 9.62 Å². The van der Waals surface area contributed by atoms with Gasteiger partial charge in [0.15, 0.2) is 0 Å². The highest BCUT2D eigenvalue weighted by atomic mass is 32.2. The molecule has 1 saturated heterocycles. The maximum Gasteiger partial charge on any atom is 0.246 e. The van der Waals surface area contributed by atoms with E-state index in [-0.39, 0.29) is 18.5 Å². The molecule has 1 saturated carbocycles. The molecule has 1 atom stereocenters. The Morgan fingerprint density at radius 3 is 2.59 bits per heavy atom. The minimum absolute atomic E-state index is 0.125. The number of hydrogen-bond acceptors (Lipinski definition) is 3. The van der Waals surface area contributed by atoms with Crippen molar-refractivity contribution in [3.63, 3.8) is 0 Å². The molecule has 1 N–H and O–H groups in total. The van der Waals surface area contributed by atoms with Crippen molar-refractivity contribution >= 4 is 15.9 Å². The highest BCUT2D eigenvalue weighted by Gasteiger charge is 2.41. The fraction of sp³-hybridized carbons (Fsp3) is 0.500. The average Bonchev–Trinajstić information content (AvgIpc) is 3.10. The zero-order valence-corrected chi connectivity index (χ0v) is 12.6. The fourth-order valence-corrected chi connectivity index (χ4v) is 4.33.